The van der Waals surface area contributed by atoms with Gasteiger partial charge in [-0.25, -0.2) is 10.2 Å². The van der Waals surface area contributed by atoms with E-state index >= 15 is 0 Å². The minimum atomic E-state index is -4.25. The summed E-state index contributed by atoms with van der Waals surface area (Å²) in [4.78, 5) is 11.6. The summed E-state index contributed by atoms with van der Waals surface area (Å²) in [6.45, 7) is 0.0528. The molecule has 2 heterocycles. The van der Waals surface area contributed by atoms with Crippen molar-refractivity contribution in [2.45, 2.75) is 23.3 Å². The molecule has 0 aliphatic carbocycles. The Morgan fingerprint density at radius 2 is 0.861 bits per heavy atom. The molecule has 36 heavy (non-hydrogen) atoms. The molecule has 0 bridgehead atoms. The molecule has 2 aliphatic heterocycles. The number of ether oxygens (including phenoxy) is 2. The number of benzene rings is 4. The highest BCUT2D eigenvalue weighted by atomic mass is 31.2. The van der Waals surface area contributed by atoms with E-state index < -0.39 is 31.0 Å². The molecular weight excluding hydrogens is 471 g/mol. The van der Waals surface area contributed by atoms with Crippen LogP contribution in [0.15, 0.2) is 121 Å². The lowest BCUT2D eigenvalue weighted by molar-refractivity contribution is 0.0175. The zero-order valence-corrected chi connectivity index (χ0v) is 20.4. The van der Waals surface area contributed by atoms with Crippen molar-refractivity contribution >= 4 is 7.67 Å². The van der Waals surface area contributed by atoms with E-state index in [1.54, 1.807) is 0 Å². The van der Waals surface area contributed by atoms with Crippen molar-refractivity contribution in [2.75, 3.05) is 6.79 Å². The molecule has 0 saturated carbocycles. The molecule has 2 saturated heterocycles. The van der Waals surface area contributed by atoms with Crippen molar-refractivity contribution in [1.29, 1.82) is 0 Å². The monoisotopic (exact) mass is 498 g/mol. The third-order valence-electron chi connectivity index (χ3n) is 7.20. The number of hydrogen-bond acceptors (Lipinski definition) is 3. The first kappa shape index (κ1) is 23.3. The highest BCUT2D eigenvalue weighted by Gasteiger charge is 2.63. The van der Waals surface area contributed by atoms with Gasteiger partial charge in [0.1, 0.15) is 30.1 Å². The molecule has 182 valence electrons. The van der Waals surface area contributed by atoms with E-state index in [0.717, 1.165) is 22.3 Å². The van der Waals surface area contributed by atoms with E-state index in [1.165, 1.54) is 0 Å². The van der Waals surface area contributed by atoms with Gasteiger partial charge in [-0.1, -0.05) is 121 Å². The van der Waals surface area contributed by atoms with Crippen LogP contribution in [0.1, 0.15) is 22.3 Å². The lowest BCUT2D eigenvalue weighted by Crippen LogP contribution is -2.58. The van der Waals surface area contributed by atoms with E-state index in [1.807, 2.05) is 121 Å². The Bertz CT molecular complexity index is 1190. The summed E-state index contributed by atoms with van der Waals surface area (Å²) < 4.78 is 27.0. The smallest absolute Gasteiger partial charge is 0.340 e. The Balaban J connectivity index is 1.68. The highest BCUT2D eigenvalue weighted by Crippen LogP contribution is 2.56. The Labute approximate surface area is 210 Å². The Kier molecular flexibility index (Phi) is 5.89. The maximum Gasteiger partial charge on any atom is 0.340 e. The van der Waals surface area contributed by atoms with Gasteiger partial charge in [0.05, 0.1) is 0 Å². The van der Waals surface area contributed by atoms with E-state index in [2.05, 4.69) is 10.2 Å². The van der Waals surface area contributed by atoms with Gasteiger partial charge in [0.15, 0.2) is 0 Å². The number of fused-ring (bicyclic) bond motifs is 1. The second kappa shape index (κ2) is 9.09. The van der Waals surface area contributed by atoms with Crippen molar-refractivity contribution in [3.05, 3.63) is 144 Å². The van der Waals surface area contributed by atoms with Gasteiger partial charge >= 0.3 is 7.67 Å². The van der Waals surface area contributed by atoms with Crippen LogP contribution in [0, 0.1) is 0 Å². The molecule has 6 rings (SSSR count). The third kappa shape index (κ3) is 3.66. The van der Waals surface area contributed by atoms with E-state index in [9.17, 15) is 9.46 Å². The van der Waals surface area contributed by atoms with Crippen molar-refractivity contribution in [3.8, 4) is 0 Å². The quantitative estimate of drug-likeness (QED) is 0.347. The molecule has 4 aromatic rings. The summed E-state index contributed by atoms with van der Waals surface area (Å²) in [6, 6.07) is 38.8. The van der Waals surface area contributed by atoms with Crippen LogP contribution in [0.25, 0.3) is 0 Å². The fraction of sp³-hybridized carbons (Fsp3) is 0.172. The molecule has 2 aliphatic rings. The van der Waals surface area contributed by atoms with Gasteiger partial charge in [0, 0.05) is 0 Å². The molecule has 0 aromatic heterocycles. The van der Waals surface area contributed by atoms with Gasteiger partial charge < -0.3 is 14.4 Å². The van der Waals surface area contributed by atoms with Crippen LogP contribution in [0.2, 0.25) is 0 Å². The van der Waals surface area contributed by atoms with Crippen LogP contribution in [0.3, 0.4) is 0 Å². The van der Waals surface area contributed by atoms with Crippen molar-refractivity contribution in [1.82, 2.24) is 10.2 Å². The summed E-state index contributed by atoms with van der Waals surface area (Å²) in [5.74, 6) is 0. The maximum atomic E-state index is 14.2. The van der Waals surface area contributed by atoms with E-state index in [4.69, 9.17) is 9.47 Å². The molecular formula is C29H27N2O4P. The Hall–Kier alpha value is -3.09. The van der Waals surface area contributed by atoms with Gasteiger partial charge in [-0.2, -0.15) is 0 Å². The SMILES string of the molecule is O=P1(O)NC(c2ccccc2)(c2ccccc2)C2OCOC2C(c2ccccc2)(c2ccccc2)N1. The van der Waals surface area contributed by atoms with E-state index in [0.29, 0.717) is 0 Å². The molecule has 0 spiro atoms. The predicted molar refractivity (Wildman–Crippen MR) is 138 cm³/mol. The number of rotatable bonds is 4. The molecule has 3 N–H and O–H groups in total. The first-order valence-corrected chi connectivity index (χ1v) is 13.6. The molecule has 0 radical (unpaired) electrons. The summed E-state index contributed by atoms with van der Waals surface area (Å²) in [5.41, 5.74) is 0.891. The zero-order chi connectivity index (χ0) is 24.6. The molecule has 2 atom stereocenters. The Morgan fingerprint density at radius 3 is 1.14 bits per heavy atom. The molecule has 0 amide bonds. The van der Waals surface area contributed by atoms with Crippen LogP contribution >= 0.6 is 7.67 Å². The normalized spacial score (nSPS) is 26.6. The second-order valence-electron chi connectivity index (χ2n) is 9.17. The second-order valence-corrected chi connectivity index (χ2v) is 10.8. The first-order chi connectivity index (χ1) is 17.6. The van der Waals surface area contributed by atoms with Crippen LogP contribution in [0.5, 0.6) is 0 Å². The molecule has 7 heteroatoms. The first-order valence-electron chi connectivity index (χ1n) is 11.9. The molecule has 4 aromatic carbocycles. The van der Waals surface area contributed by atoms with E-state index in [-0.39, 0.29) is 6.79 Å². The average molecular weight is 499 g/mol. The standard InChI is InChI=1S/C29H27N2O4P/c32-36(33)30-28(22-13-5-1-6-14-22,23-15-7-2-8-16-23)26-27(35-21-34-26)29(31-36,24-17-9-3-10-18-24)25-19-11-4-12-20-25/h1-20,26-27H,21H2,(H3,30,31,32,33). The largest absolute Gasteiger partial charge is 0.347 e. The maximum absolute atomic E-state index is 14.2. The van der Waals surface area contributed by atoms with Gasteiger partial charge in [-0.05, 0) is 22.3 Å². The van der Waals surface area contributed by atoms with Crippen molar-refractivity contribution in [2.24, 2.45) is 0 Å². The van der Waals surface area contributed by atoms with Crippen molar-refractivity contribution in [3.63, 3.8) is 0 Å². The summed E-state index contributed by atoms with van der Waals surface area (Å²) in [5, 5.41) is 6.32. The van der Waals surface area contributed by atoms with Crippen LogP contribution in [-0.2, 0) is 25.1 Å². The van der Waals surface area contributed by atoms with Gasteiger partial charge in [0.25, 0.3) is 0 Å². The lowest BCUT2D eigenvalue weighted by Gasteiger charge is -2.43. The van der Waals surface area contributed by atoms with Gasteiger partial charge in [-0.15, -0.1) is 0 Å². The summed E-state index contributed by atoms with van der Waals surface area (Å²) in [7, 11) is -4.25. The fourth-order valence-corrected chi connectivity index (χ4v) is 7.53. The number of nitrogens with one attached hydrogen (secondary N) is 2. The number of hydrogen-bond donors (Lipinski definition) is 3. The molecule has 2 fully saturated rings. The molecule has 2 unspecified atom stereocenters. The fourth-order valence-electron chi connectivity index (χ4n) is 5.75. The van der Waals surface area contributed by atoms with Crippen molar-refractivity contribution < 1.29 is 18.9 Å². The lowest BCUT2D eigenvalue weighted by atomic mass is 9.69. The van der Waals surface area contributed by atoms with Gasteiger partial charge in [-0.3, -0.25) is 4.57 Å². The summed E-state index contributed by atoms with van der Waals surface area (Å²) >= 11 is 0. The highest BCUT2D eigenvalue weighted by molar-refractivity contribution is 7.53. The van der Waals surface area contributed by atoms with Crippen LogP contribution in [-0.4, -0.2) is 23.9 Å². The molecule has 6 nitrogen and oxygen atoms in total. The minimum absolute atomic E-state index is 0.0528. The Morgan fingerprint density at radius 1 is 0.583 bits per heavy atom. The van der Waals surface area contributed by atoms with Crippen LogP contribution in [0.4, 0.5) is 0 Å². The summed E-state index contributed by atoms with van der Waals surface area (Å²) in [6.07, 6.45) is -1.31. The topological polar surface area (TPSA) is 79.8 Å². The van der Waals surface area contributed by atoms with Gasteiger partial charge in [0.2, 0.25) is 0 Å². The zero-order valence-electron chi connectivity index (χ0n) is 19.5. The third-order valence-corrected chi connectivity index (χ3v) is 8.51. The predicted octanol–water partition coefficient (Wildman–Crippen LogP) is 4.91. The minimum Gasteiger partial charge on any atom is -0.347 e. The van der Waals surface area contributed by atoms with Crippen LogP contribution < -0.4 is 10.2 Å². The average Bonchev–Trinajstić information content (AvgIpc) is 3.40.